The minimum atomic E-state index is -0.155. The highest BCUT2D eigenvalue weighted by molar-refractivity contribution is 6.37. The van der Waals surface area contributed by atoms with E-state index < -0.39 is 0 Å². The highest BCUT2D eigenvalue weighted by Gasteiger charge is 2.08. The van der Waals surface area contributed by atoms with Crippen molar-refractivity contribution in [3.63, 3.8) is 0 Å². The topological polar surface area (TPSA) is 49.0 Å². The second-order valence-corrected chi connectivity index (χ2v) is 5.01. The van der Waals surface area contributed by atoms with E-state index in [1.165, 1.54) is 6.08 Å². The number of aromatic amines is 1. The molecule has 0 spiro atoms. The number of imidazole rings is 1. The van der Waals surface area contributed by atoms with Gasteiger partial charge in [-0.1, -0.05) is 29.3 Å². The molecule has 0 aliphatic rings. The van der Waals surface area contributed by atoms with Gasteiger partial charge in [0.25, 0.3) is 0 Å². The molecule has 1 heterocycles. The van der Waals surface area contributed by atoms with Gasteiger partial charge >= 0.3 is 0 Å². The van der Waals surface area contributed by atoms with E-state index in [4.69, 9.17) is 23.2 Å². The van der Waals surface area contributed by atoms with Gasteiger partial charge in [-0.3, -0.25) is 4.79 Å². The third kappa shape index (κ3) is 3.62. The fraction of sp³-hybridized carbons (Fsp3) is 0.143. The maximum Gasteiger partial charge on any atom is 0.246 e. The Kier molecular flexibility index (Phi) is 4.82. The van der Waals surface area contributed by atoms with Gasteiger partial charge in [-0.15, -0.1) is 0 Å². The van der Waals surface area contributed by atoms with Gasteiger partial charge in [0.1, 0.15) is 5.82 Å². The molecule has 0 radical (unpaired) electrons. The average Bonchev–Trinajstić information content (AvgIpc) is 2.90. The van der Waals surface area contributed by atoms with Crippen LogP contribution in [-0.2, 0) is 11.3 Å². The molecule has 2 rings (SSSR count). The molecule has 0 unspecified atom stereocenters. The van der Waals surface area contributed by atoms with Crippen LogP contribution in [0.4, 0.5) is 0 Å². The largest absolute Gasteiger partial charge is 0.347 e. The van der Waals surface area contributed by atoms with Crippen LogP contribution in [0.1, 0.15) is 11.4 Å². The quantitative estimate of drug-likeness (QED) is 0.880. The van der Waals surface area contributed by atoms with Gasteiger partial charge in [0.05, 0.1) is 6.54 Å². The molecule has 1 aromatic heterocycles. The molecular weight excluding hydrogens is 297 g/mol. The van der Waals surface area contributed by atoms with E-state index in [0.29, 0.717) is 22.2 Å². The van der Waals surface area contributed by atoms with Crippen LogP contribution in [-0.4, -0.2) is 27.8 Å². The van der Waals surface area contributed by atoms with Crippen LogP contribution in [0.3, 0.4) is 0 Å². The Morgan fingerprint density at radius 1 is 1.40 bits per heavy atom. The summed E-state index contributed by atoms with van der Waals surface area (Å²) >= 11 is 12.1. The van der Waals surface area contributed by atoms with Crippen molar-refractivity contribution in [3.05, 3.63) is 58.1 Å². The molecule has 0 saturated heterocycles. The lowest BCUT2D eigenvalue weighted by atomic mass is 10.2. The fourth-order valence-electron chi connectivity index (χ4n) is 1.64. The van der Waals surface area contributed by atoms with Crippen LogP contribution in [0.25, 0.3) is 6.08 Å². The second-order valence-electron chi connectivity index (χ2n) is 4.20. The first kappa shape index (κ1) is 14.6. The van der Waals surface area contributed by atoms with Crippen LogP contribution in [0, 0.1) is 0 Å². The number of nitrogens with zero attached hydrogens (tertiary/aromatic N) is 2. The van der Waals surface area contributed by atoms with Crippen molar-refractivity contribution < 1.29 is 4.79 Å². The summed E-state index contributed by atoms with van der Waals surface area (Å²) in [7, 11) is 1.70. The molecule has 1 amide bonds. The van der Waals surface area contributed by atoms with Crippen molar-refractivity contribution >= 4 is 35.2 Å². The van der Waals surface area contributed by atoms with Crippen molar-refractivity contribution in [1.82, 2.24) is 14.9 Å². The monoisotopic (exact) mass is 309 g/mol. The summed E-state index contributed by atoms with van der Waals surface area (Å²) in [6.45, 7) is 0.409. The van der Waals surface area contributed by atoms with Crippen LogP contribution in [0.2, 0.25) is 10.0 Å². The fourth-order valence-corrected chi connectivity index (χ4v) is 2.16. The average molecular weight is 310 g/mol. The first-order valence-electron chi connectivity index (χ1n) is 5.93. The Balaban J connectivity index is 2.05. The van der Waals surface area contributed by atoms with E-state index in [-0.39, 0.29) is 5.91 Å². The molecule has 2 aromatic rings. The molecular formula is C14H13Cl2N3O. The van der Waals surface area contributed by atoms with Crippen molar-refractivity contribution in [3.8, 4) is 0 Å². The van der Waals surface area contributed by atoms with Crippen LogP contribution in [0.5, 0.6) is 0 Å². The molecule has 0 saturated carbocycles. The van der Waals surface area contributed by atoms with Gasteiger partial charge in [-0.25, -0.2) is 4.98 Å². The summed E-state index contributed by atoms with van der Waals surface area (Å²) < 4.78 is 0. The normalized spacial score (nSPS) is 10.9. The minimum absolute atomic E-state index is 0.155. The van der Waals surface area contributed by atoms with E-state index in [0.717, 1.165) is 5.82 Å². The van der Waals surface area contributed by atoms with E-state index in [1.807, 2.05) is 0 Å². The number of likely N-dealkylation sites (N-methyl/N-ethyl adjacent to an activating group) is 1. The first-order valence-corrected chi connectivity index (χ1v) is 6.69. The molecule has 1 N–H and O–H groups in total. The number of amides is 1. The summed E-state index contributed by atoms with van der Waals surface area (Å²) in [4.78, 5) is 20.5. The molecule has 6 heteroatoms. The summed E-state index contributed by atoms with van der Waals surface area (Å²) in [5.41, 5.74) is 0.635. The van der Waals surface area contributed by atoms with Crippen molar-refractivity contribution in [1.29, 1.82) is 0 Å². The van der Waals surface area contributed by atoms with Crippen LogP contribution in [0.15, 0.2) is 36.7 Å². The molecule has 0 fully saturated rings. The van der Waals surface area contributed by atoms with E-state index in [1.54, 1.807) is 48.6 Å². The number of benzene rings is 1. The zero-order valence-corrected chi connectivity index (χ0v) is 12.3. The van der Waals surface area contributed by atoms with Crippen LogP contribution < -0.4 is 0 Å². The number of hydrogen-bond acceptors (Lipinski definition) is 2. The lowest BCUT2D eigenvalue weighted by Crippen LogP contribution is -2.24. The smallest absolute Gasteiger partial charge is 0.246 e. The molecule has 104 valence electrons. The predicted molar refractivity (Wildman–Crippen MR) is 80.6 cm³/mol. The summed E-state index contributed by atoms with van der Waals surface area (Å²) in [5, 5.41) is 1.02. The van der Waals surface area contributed by atoms with Gasteiger partial charge in [-0.2, -0.15) is 0 Å². The van der Waals surface area contributed by atoms with Gasteiger partial charge in [0.15, 0.2) is 0 Å². The zero-order valence-electron chi connectivity index (χ0n) is 10.8. The zero-order chi connectivity index (χ0) is 14.5. The van der Waals surface area contributed by atoms with Crippen molar-refractivity contribution in [2.75, 3.05) is 7.05 Å². The lowest BCUT2D eigenvalue weighted by Gasteiger charge is -2.13. The number of aromatic nitrogens is 2. The van der Waals surface area contributed by atoms with E-state index in [9.17, 15) is 4.79 Å². The molecule has 4 nitrogen and oxygen atoms in total. The number of halogens is 2. The van der Waals surface area contributed by atoms with Crippen molar-refractivity contribution in [2.24, 2.45) is 0 Å². The van der Waals surface area contributed by atoms with E-state index in [2.05, 4.69) is 9.97 Å². The summed E-state index contributed by atoms with van der Waals surface area (Å²) in [6, 6.07) is 5.21. The molecule has 0 aliphatic heterocycles. The summed E-state index contributed by atoms with van der Waals surface area (Å²) in [6.07, 6.45) is 6.42. The van der Waals surface area contributed by atoms with Gasteiger partial charge in [0.2, 0.25) is 5.91 Å². The first-order chi connectivity index (χ1) is 9.58. The van der Waals surface area contributed by atoms with Gasteiger partial charge in [0, 0.05) is 41.1 Å². The Morgan fingerprint density at radius 2 is 2.10 bits per heavy atom. The Morgan fingerprint density at radius 3 is 2.70 bits per heavy atom. The number of carbonyl (C=O) groups excluding carboxylic acids is 1. The molecule has 20 heavy (non-hydrogen) atoms. The number of rotatable bonds is 4. The number of H-pyrrole nitrogens is 1. The highest BCUT2D eigenvalue weighted by Crippen LogP contribution is 2.25. The number of hydrogen-bond donors (Lipinski definition) is 1. The molecule has 1 aromatic carbocycles. The van der Waals surface area contributed by atoms with E-state index >= 15 is 0 Å². The summed E-state index contributed by atoms with van der Waals surface area (Å²) in [5.74, 6) is 0.572. The number of carbonyl (C=O) groups is 1. The maximum absolute atomic E-state index is 12.0. The third-order valence-electron chi connectivity index (χ3n) is 2.71. The maximum atomic E-state index is 12.0. The Hall–Kier alpha value is -1.78. The molecule has 0 atom stereocenters. The highest BCUT2D eigenvalue weighted by atomic mass is 35.5. The standard InChI is InChI=1S/C14H13Cl2N3O/c1-19(9-13-17-7-8-18-13)14(20)6-5-10-11(15)3-2-4-12(10)16/h2-8H,9H2,1H3,(H,17,18). The number of nitrogens with one attached hydrogen (secondary N) is 1. The van der Waals surface area contributed by atoms with Crippen molar-refractivity contribution in [2.45, 2.75) is 6.54 Å². The Labute approximate surface area is 127 Å². The van der Waals surface area contributed by atoms with Gasteiger partial charge in [-0.05, 0) is 18.2 Å². The third-order valence-corrected chi connectivity index (χ3v) is 3.37. The molecule has 0 aliphatic carbocycles. The predicted octanol–water partition coefficient (Wildman–Crippen LogP) is 3.39. The lowest BCUT2D eigenvalue weighted by molar-refractivity contribution is -0.125. The Bertz CT molecular complexity index is 603. The minimum Gasteiger partial charge on any atom is -0.347 e. The van der Waals surface area contributed by atoms with Crippen LogP contribution >= 0.6 is 23.2 Å². The van der Waals surface area contributed by atoms with Gasteiger partial charge < -0.3 is 9.88 Å². The molecule has 0 bridgehead atoms. The SMILES string of the molecule is CN(Cc1ncc[nH]1)C(=O)C=Cc1c(Cl)cccc1Cl. The second kappa shape index (κ2) is 6.59.